The number of rotatable bonds is 2. The molecule has 4 heteroatoms. The van der Waals surface area contributed by atoms with E-state index in [1.807, 2.05) is 6.92 Å². The Hall–Kier alpha value is -0.900. The summed E-state index contributed by atoms with van der Waals surface area (Å²) in [5.74, 6) is 2.32. The van der Waals surface area contributed by atoms with E-state index in [9.17, 15) is 0 Å². The predicted molar refractivity (Wildman–Crippen MR) is 61.7 cm³/mol. The Bertz CT molecular complexity index is 361. The fraction of sp³-hybridized carbons (Fsp3) is 0.833. The topological polar surface area (TPSA) is 64.9 Å². The van der Waals surface area contributed by atoms with Crippen molar-refractivity contribution >= 4 is 0 Å². The van der Waals surface area contributed by atoms with Crippen LogP contribution in [0.2, 0.25) is 0 Å². The molecule has 1 aliphatic rings. The van der Waals surface area contributed by atoms with Crippen LogP contribution in [-0.4, -0.2) is 10.1 Å². The second-order valence-electron chi connectivity index (χ2n) is 5.27. The third-order valence-electron chi connectivity index (χ3n) is 3.77. The number of nitrogens with zero attached hydrogens (tertiary/aromatic N) is 2. The summed E-state index contributed by atoms with van der Waals surface area (Å²) in [6, 6.07) is 0. The van der Waals surface area contributed by atoms with Crippen molar-refractivity contribution in [2.24, 2.45) is 17.6 Å². The Kier molecular flexibility index (Phi) is 3.02. The van der Waals surface area contributed by atoms with Gasteiger partial charge < -0.3 is 10.3 Å². The Balaban J connectivity index is 2.32. The molecule has 0 aliphatic heterocycles. The normalized spacial score (nSPS) is 30.9. The maximum Gasteiger partial charge on any atom is 0.223 e. The van der Waals surface area contributed by atoms with Gasteiger partial charge in [0.15, 0.2) is 5.82 Å². The molecule has 1 aliphatic carbocycles. The van der Waals surface area contributed by atoms with Gasteiger partial charge in [-0.2, -0.15) is 4.98 Å². The van der Waals surface area contributed by atoms with Crippen molar-refractivity contribution in [3.63, 3.8) is 0 Å². The molecule has 16 heavy (non-hydrogen) atoms. The molecule has 0 saturated heterocycles. The van der Waals surface area contributed by atoms with Gasteiger partial charge in [-0.15, -0.1) is 0 Å². The van der Waals surface area contributed by atoms with Crippen LogP contribution >= 0.6 is 0 Å². The highest BCUT2D eigenvalue weighted by molar-refractivity contribution is 5.09. The molecule has 1 aromatic heterocycles. The van der Waals surface area contributed by atoms with Gasteiger partial charge in [0.25, 0.3) is 0 Å². The summed E-state index contributed by atoms with van der Waals surface area (Å²) in [6.45, 7) is 6.27. The molecule has 1 aromatic rings. The number of hydrogen-bond acceptors (Lipinski definition) is 4. The monoisotopic (exact) mass is 223 g/mol. The van der Waals surface area contributed by atoms with Crippen LogP contribution in [0, 0.1) is 18.8 Å². The zero-order chi connectivity index (χ0) is 11.8. The lowest BCUT2D eigenvalue weighted by Crippen LogP contribution is -2.49. The second-order valence-corrected chi connectivity index (χ2v) is 5.27. The SMILES string of the molecule is Cc1nc(C2(N)CCCCC2C(C)C)no1. The molecule has 2 rings (SSSR count). The zero-order valence-electron chi connectivity index (χ0n) is 10.4. The minimum Gasteiger partial charge on any atom is -0.340 e. The number of aryl methyl sites for hydroxylation is 1. The lowest BCUT2D eigenvalue weighted by Gasteiger charge is -2.41. The van der Waals surface area contributed by atoms with E-state index >= 15 is 0 Å². The highest BCUT2D eigenvalue weighted by atomic mass is 16.5. The van der Waals surface area contributed by atoms with E-state index in [-0.39, 0.29) is 5.54 Å². The van der Waals surface area contributed by atoms with E-state index in [2.05, 4.69) is 24.0 Å². The molecular weight excluding hydrogens is 202 g/mol. The highest BCUT2D eigenvalue weighted by Crippen LogP contribution is 2.42. The van der Waals surface area contributed by atoms with Crippen LogP contribution in [0.15, 0.2) is 4.52 Å². The van der Waals surface area contributed by atoms with Crippen molar-refractivity contribution in [1.82, 2.24) is 10.1 Å². The molecule has 90 valence electrons. The van der Waals surface area contributed by atoms with Crippen molar-refractivity contribution in [2.45, 2.75) is 52.0 Å². The van der Waals surface area contributed by atoms with Crippen molar-refractivity contribution in [1.29, 1.82) is 0 Å². The maximum atomic E-state index is 6.55. The fourth-order valence-electron chi connectivity index (χ4n) is 2.92. The molecule has 0 bridgehead atoms. The number of aromatic nitrogens is 2. The minimum atomic E-state index is -0.385. The van der Waals surface area contributed by atoms with E-state index in [1.165, 1.54) is 12.8 Å². The first-order valence-electron chi connectivity index (χ1n) is 6.13. The van der Waals surface area contributed by atoms with E-state index in [4.69, 9.17) is 10.3 Å². The first kappa shape index (κ1) is 11.6. The molecule has 0 radical (unpaired) electrons. The summed E-state index contributed by atoms with van der Waals surface area (Å²) in [5, 5.41) is 4.03. The van der Waals surface area contributed by atoms with Gasteiger partial charge >= 0.3 is 0 Å². The number of nitrogens with two attached hydrogens (primary N) is 1. The Morgan fingerprint density at radius 1 is 1.44 bits per heavy atom. The molecule has 2 N–H and O–H groups in total. The molecule has 0 aromatic carbocycles. The lowest BCUT2D eigenvalue weighted by atomic mass is 9.68. The van der Waals surface area contributed by atoms with Gasteiger partial charge in [-0.25, -0.2) is 0 Å². The van der Waals surface area contributed by atoms with Crippen molar-refractivity contribution < 1.29 is 4.52 Å². The average Bonchev–Trinajstić information content (AvgIpc) is 2.65. The van der Waals surface area contributed by atoms with Crippen LogP contribution in [0.25, 0.3) is 0 Å². The second kappa shape index (κ2) is 4.17. The third-order valence-corrected chi connectivity index (χ3v) is 3.77. The van der Waals surface area contributed by atoms with E-state index in [0.717, 1.165) is 12.8 Å². The quantitative estimate of drug-likeness (QED) is 0.836. The van der Waals surface area contributed by atoms with Crippen LogP contribution in [0.4, 0.5) is 0 Å². The van der Waals surface area contributed by atoms with E-state index in [1.54, 1.807) is 0 Å². The molecule has 1 heterocycles. The summed E-state index contributed by atoms with van der Waals surface area (Å²) >= 11 is 0. The summed E-state index contributed by atoms with van der Waals surface area (Å²) in [6.07, 6.45) is 4.56. The first-order valence-corrected chi connectivity index (χ1v) is 6.13. The van der Waals surface area contributed by atoms with Crippen molar-refractivity contribution in [3.8, 4) is 0 Å². The van der Waals surface area contributed by atoms with E-state index < -0.39 is 0 Å². The smallest absolute Gasteiger partial charge is 0.223 e. The predicted octanol–water partition coefficient (Wildman–Crippen LogP) is 2.38. The van der Waals surface area contributed by atoms with E-state index in [0.29, 0.717) is 23.6 Å². The van der Waals surface area contributed by atoms with Crippen molar-refractivity contribution in [2.75, 3.05) is 0 Å². The van der Waals surface area contributed by atoms with Crippen molar-refractivity contribution in [3.05, 3.63) is 11.7 Å². The van der Waals surface area contributed by atoms with Crippen LogP contribution in [-0.2, 0) is 5.54 Å². The maximum absolute atomic E-state index is 6.55. The fourth-order valence-corrected chi connectivity index (χ4v) is 2.92. The minimum absolute atomic E-state index is 0.385. The summed E-state index contributed by atoms with van der Waals surface area (Å²) in [5.41, 5.74) is 6.17. The molecule has 4 nitrogen and oxygen atoms in total. The molecule has 2 unspecified atom stereocenters. The summed E-state index contributed by atoms with van der Waals surface area (Å²) in [4.78, 5) is 4.34. The van der Waals surface area contributed by atoms with Gasteiger partial charge in [0, 0.05) is 6.92 Å². The Morgan fingerprint density at radius 3 is 2.75 bits per heavy atom. The van der Waals surface area contributed by atoms with Gasteiger partial charge in [0.1, 0.15) is 0 Å². The summed E-state index contributed by atoms with van der Waals surface area (Å²) in [7, 11) is 0. The van der Waals surface area contributed by atoms with Crippen LogP contribution in [0.3, 0.4) is 0 Å². The standard InChI is InChI=1S/C12H21N3O/c1-8(2)10-6-4-5-7-12(10,13)11-14-9(3)16-15-11/h8,10H,4-7,13H2,1-3H3. The van der Waals surface area contributed by atoms with Crippen LogP contribution in [0.5, 0.6) is 0 Å². The van der Waals surface area contributed by atoms with Gasteiger partial charge in [-0.1, -0.05) is 31.8 Å². The molecule has 0 spiro atoms. The average molecular weight is 223 g/mol. The van der Waals surface area contributed by atoms with Gasteiger partial charge in [-0.05, 0) is 24.7 Å². The van der Waals surface area contributed by atoms with Crippen LogP contribution in [0.1, 0.15) is 51.2 Å². The van der Waals surface area contributed by atoms with Crippen LogP contribution < -0.4 is 5.73 Å². The number of hydrogen-bond donors (Lipinski definition) is 1. The van der Waals surface area contributed by atoms with Gasteiger partial charge in [0.2, 0.25) is 5.89 Å². The molecule has 0 amide bonds. The highest BCUT2D eigenvalue weighted by Gasteiger charge is 2.43. The zero-order valence-corrected chi connectivity index (χ0v) is 10.4. The molecule has 2 atom stereocenters. The molecule has 1 fully saturated rings. The molecule has 1 saturated carbocycles. The largest absolute Gasteiger partial charge is 0.340 e. The Labute approximate surface area is 96.6 Å². The Morgan fingerprint density at radius 2 is 2.19 bits per heavy atom. The van der Waals surface area contributed by atoms with Gasteiger partial charge in [0.05, 0.1) is 5.54 Å². The lowest BCUT2D eigenvalue weighted by molar-refractivity contribution is 0.129. The third kappa shape index (κ3) is 1.86. The summed E-state index contributed by atoms with van der Waals surface area (Å²) < 4.78 is 5.07. The molecular formula is C12H21N3O. The first-order chi connectivity index (χ1) is 7.54. The van der Waals surface area contributed by atoms with Gasteiger partial charge in [-0.3, -0.25) is 0 Å².